The van der Waals surface area contributed by atoms with Gasteiger partial charge in [0.15, 0.2) is 12.3 Å². The Labute approximate surface area is 255 Å². The van der Waals surface area contributed by atoms with Crippen LogP contribution in [-0.4, -0.2) is 65.5 Å². The fourth-order valence-electron chi connectivity index (χ4n) is 5.24. The van der Waals surface area contributed by atoms with E-state index in [2.05, 4.69) is 0 Å². The van der Waals surface area contributed by atoms with Crippen molar-refractivity contribution < 1.29 is 45.2 Å². The minimum absolute atomic E-state index is 0.0804. The van der Waals surface area contributed by atoms with Crippen LogP contribution in [0.4, 0.5) is 11.4 Å². The molecule has 230 valence electrons. The van der Waals surface area contributed by atoms with E-state index >= 15 is 0 Å². The first-order valence-electron chi connectivity index (χ1n) is 13.3. The molecule has 0 radical (unpaired) electrons. The Balaban J connectivity index is 1.86. The second-order valence-corrected chi connectivity index (χ2v) is 13.4. The van der Waals surface area contributed by atoms with Gasteiger partial charge in [-0.3, -0.25) is 18.8 Å². The summed E-state index contributed by atoms with van der Waals surface area (Å²) in [7, 11) is -8.98. The zero-order chi connectivity index (χ0) is 32.3. The summed E-state index contributed by atoms with van der Waals surface area (Å²) < 4.78 is 68.7. The van der Waals surface area contributed by atoms with E-state index in [0.29, 0.717) is 28.2 Å². The Morgan fingerprint density at radius 3 is 2.16 bits per heavy atom. The molecule has 0 aromatic heterocycles. The first-order valence-corrected chi connectivity index (χ1v) is 16.4. The molecule has 3 aromatic rings. The van der Waals surface area contributed by atoms with Crippen LogP contribution in [0, 0.1) is 0 Å². The van der Waals surface area contributed by atoms with Crippen molar-refractivity contribution in [3.05, 3.63) is 114 Å². The largest absolute Gasteiger partial charge is 0.478 e. The zero-order valence-corrected chi connectivity index (χ0v) is 25.5. The molecule has 1 heterocycles. The van der Waals surface area contributed by atoms with Crippen LogP contribution in [0.2, 0.25) is 0 Å². The Hall–Kier alpha value is -4.43. The van der Waals surface area contributed by atoms with Crippen molar-refractivity contribution in [2.24, 2.45) is 0 Å². The van der Waals surface area contributed by atoms with Crippen molar-refractivity contribution in [2.75, 3.05) is 17.2 Å². The number of hydrogen-bond donors (Lipinski definition) is 3. The van der Waals surface area contributed by atoms with Crippen molar-refractivity contribution in [3.63, 3.8) is 0 Å². The Morgan fingerprint density at radius 1 is 0.932 bits per heavy atom. The number of carbonyl (C=O) groups is 2. The number of carboxylic acid groups (broad SMARTS) is 1. The molecule has 0 saturated heterocycles. The average Bonchev–Trinajstić information content (AvgIpc) is 3.17. The smallest absolute Gasteiger partial charge is 0.335 e. The lowest BCUT2D eigenvalue weighted by Gasteiger charge is -2.23. The molecule has 0 fully saturated rings. The lowest BCUT2D eigenvalue weighted by molar-refractivity contribution is -0.432. The normalized spacial score (nSPS) is 16.9. The number of carbonyl (C=O) groups excluding carboxylic acids is 1. The third kappa shape index (κ3) is 7.37. The second kappa shape index (κ2) is 12.7. The van der Waals surface area contributed by atoms with Gasteiger partial charge in [-0.15, -0.1) is 0 Å². The van der Waals surface area contributed by atoms with Crippen LogP contribution < -0.4 is 4.90 Å². The molecule has 0 aliphatic carbocycles. The second-order valence-electron chi connectivity index (χ2n) is 10.4. The molecule has 13 heteroatoms. The summed E-state index contributed by atoms with van der Waals surface area (Å²) in [5, 5.41) is 9.31. The van der Waals surface area contributed by atoms with Crippen LogP contribution in [0.25, 0.3) is 0 Å². The van der Waals surface area contributed by atoms with Gasteiger partial charge in [-0.2, -0.15) is 21.4 Å². The van der Waals surface area contributed by atoms with E-state index in [4.69, 9.17) is 0 Å². The van der Waals surface area contributed by atoms with Gasteiger partial charge in [0.1, 0.15) is 5.75 Å². The number of anilines is 1. The van der Waals surface area contributed by atoms with Crippen molar-refractivity contribution in [1.29, 1.82) is 0 Å². The van der Waals surface area contributed by atoms with Crippen LogP contribution in [0.3, 0.4) is 0 Å². The van der Waals surface area contributed by atoms with Gasteiger partial charge in [-0.25, -0.2) is 4.79 Å². The van der Waals surface area contributed by atoms with E-state index in [0.717, 1.165) is 0 Å². The van der Waals surface area contributed by atoms with E-state index in [-0.39, 0.29) is 29.3 Å². The number of benzene rings is 3. The molecule has 0 bridgehead atoms. The highest BCUT2D eigenvalue weighted by Crippen LogP contribution is 2.43. The fourth-order valence-corrected chi connectivity index (χ4v) is 6.16. The lowest BCUT2D eigenvalue weighted by atomic mass is 9.74. The van der Waals surface area contributed by atoms with Crippen LogP contribution >= 0.6 is 0 Å². The van der Waals surface area contributed by atoms with E-state index in [1.165, 1.54) is 42.2 Å². The summed E-state index contributed by atoms with van der Waals surface area (Å²) in [6.45, 7) is 3.05. The Kier molecular flexibility index (Phi) is 9.35. The molecule has 44 heavy (non-hydrogen) atoms. The highest BCUT2D eigenvalue weighted by atomic mass is 32.2. The number of amides is 1. The summed E-state index contributed by atoms with van der Waals surface area (Å²) in [6.07, 6.45) is 6.76. The highest BCUT2D eigenvalue weighted by molar-refractivity contribution is 7.86. The number of carboxylic acids is 1. The molecule has 1 amide bonds. The van der Waals surface area contributed by atoms with Crippen molar-refractivity contribution in [3.8, 4) is 0 Å². The Morgan fingerprint density at radius 2 is 1.59 bits per heavy atom. The molecule has 1 aliphatic rings. The Bertz CT molecular complexity index is 1900. The first kappa shape index (κ1) is 32.5. The van der Waals surface area contributed by atoms with Gasteiger partial charge in [-0.05, 0) is 61.4 Å². The lowest BCUT2D eigenvalue weighted by Crippen LogP contribution is -2.34. The number of fused-ring (bicyclic) bond motifs is 1. The van der Waals surface area contributed by atoms with Gasteiger partial charge in [-0.1, -0.05) is 36.4 Å². The highest BCUT2D eigenvalue weighted by Gasteiger charge is 2.48. The molecular weight excluding hydrogens is 608 g/mol. The van der Waals surface area contributed by atoms with Gasteiger partial charge in [0.05, 0.1) is 15.9 Å². The predicted octanol–water partition coefficient (Wildman–Crippen LogP) is 4.24. The maximum atomic E-state index is 12.3. The van der Waals surface area contributed by atoms with E-state index in [1.54, 1.807) is 65.4 Å². The third-order valence-corrected chi connectivity index (χ3v) is 8.86. The number of hydrogen-bond acceptors (Lipinski definition) is 6. The maximum absolute atomic E-state index is 12.3. The number of aromatic carboxylic acids is 1. The summed E-state index contributed by atoms with van der Waals surface area (Å²) >= 11 is 0. The van der Waals surface area contributed by atoms with Gasteiger partial charge in [0.2, 0.25) is 11.6 Å². The first-order chi connectivity index (χ1) is 20.6. The average molecular weight is 640 g/mol. The van der Waals surface area contributed by atoms with Crippen LogP contribution in [0.15, 0.2) is 102 Å². The van der Waals surface area contributed by atoms with Gasteiger partial charge < -0.3 is 5.11 Å². The monoisotopic (exact) mass is 639 g/mol. The van der Waals surface area contributed by atoms with Crippen LogP contribution in [0.5, 0.6) is 0 Å². The summed E-state index contributed by atoms with van der Waals surface area (Å²) in [5.41, 5.74) is 1.86. The van der Waals surface area contributed by atoms with E-state index in [9.17, 15) is 40.6 Å². The molecule has 1 aliphatic heterocycles. The standard InChI is InChI=1S/C31H30N2O9S2/c1-22(34)32(25-8-4-3-5-9-25)17-7-6-10-29-31(2,21-23-11-13-24(14-12-23)30(35)36)27-20-26(44(40,41)42)15-16-28(27)33(29)18-19-43(37,38)39/h3-17,20H,18-19,21H2,1-2H3,(H2-,35,36,37,38,39,40,41,42)/p+1. The van der Waals surface area contributed by atoms with Gasteiger partial charge in [0, 0.05) is 36.5 Å². The molecule has 1 atom stereocenters. The minimum atomic E-state index is -4.59. The molecule has 1 unspecified atom stereocenters. The molecule has 0 saturated carbocycles. The number of rotatable bonds is 11. The SMILES string of the molecule is CC(=O)N(/C=C/C=C/C1=[N+](CCS(=O)(=O)O)c2ccc(S(=O)(=O)O)cc2C1(C)Cc1ccc(C(=O)O)cc1)c1ccccc1. The summed E-state index contributed by atoms with van der Waals surface area (Å²) in [6, 6.07) is 19.1. The van der Waals surface area contributed by atoms with E-state index in [1.807, 2.05) is 13.0 Å². The number of nitrogens with zero attached hydrogens (tertiary/aromatic N) is 2. The van der Waals surface area contributed by atoms with Crippen LogP contribution in [0.1, 0.15) is 35.3 Å². The summed E-state index contributed by atoms with van der Waals surface area (Å²) in [4.78, 5) is 24.8. The quantitative estimate of drug-likeness (QED) is 0.158. The fraction of sp³-hybridized carbons (Fsp3) is 0.194. The van der Waals surface area contributed by atoms with Crippen molar-refractivity contribution in [1.82, 2.24) is 0 Å². The number of allylic oxidation sites excluding steroid dienone is 3. The third-order valence-electron chi connectivity index (χ3n) is 7.31. The number of para-hydroxylation sites is 1. The van der Waals surface area contributed by atoms with E-state index < -0.39 is 37.4 Å². The predicted molar refractivity (Wildman–Crippen MR) is 165 cm³/mol. The molecule has 3 aromatic carbocycles. The zero-order valence-electron chi connectivity index (χ0n) is 23.9. The van der Waals surface area contributed by atoms with Crippen molar-refractivity contribution >= 4 is 49.2 Å². The van der Waals surface area contributed by atoms with Gasteiger partial charge >= 0.3 is 5.97 Å². The van der Waals surface area contributed by atoms with Crippen molar-refractivity contribution in [2.45, 2.75) is 30.6 Å². The molecule has 4 rings (SSSR count). The van der Waals surface area contributed by atoms with Gasteiger partial charge in [0.25, 0.3) is 20.2 Å². The molecular formula is C31H31N2O9S2+. The molecule has 3 N–H and O–H groups in total. The molecule has 11 nitrogen and oxygen atoms in total. The summed E-state index contributed by atoms with van der Waals surface area (Å²) in [5.74, 6) is -1.96. The molecule has 0 spiro atoms. The van der Waals surface area contributed by atoms with Crippen LogP contribution in [-0.2, 0) is 36.9 Å². The maximum Gasteiger partial charge on any atom is 0.335 e. The topological polar surface area (TPSA) is 169 Å². The minimum Gasteiger partial charge on any atom is -0.478 e.